The third-order valence-corrected chi connectivity index (χ3v) is 5.44. The lowest BCUT2D eigenvalue weighted by Crippen LogP contribution is -2.31. The van der Waals surface area contributed by atoms with Crippen LogP contribution in [0.25, 0.3) is 0 Å². The fourth-order valence-corrected chi connectivity index (χ4v) is 3.90. The Bertz CT molecular complexity index is 863. The van der Waals surface area contributed by atoms with Gasteiger partial charge in [0.2, 0.25) is 11.8 Å². The molecule has 0 spiro atoms. The van der Waals surface area contributed by atoms with Gasteiger partial charge < -0.3 is 10.5 Å². The summed E-state index contributed by atoms with van der Waals surface area (Å²) in [5.41, 5.74) is 6.36. The summed E-state index contributed by atoms with van der Waals surface area (Å²) in [6.07, 6.45) is 1.66. The van der Waals surface area contributed by atoms with Crippen LogP contribution in [-0.2, 0) is 9.59 Å². The first kappa shape index (κ1) is 19.1. The maximum absolute atomic E-state index is 12.6. The number of amidine groups is 1. The normalized spacial score (nSPS) is 17.9. The predicted octanol–water partition coefficient (Wildman–Crippen LogP) is 2.86. The standard InChI is InChI=1S/C18H18N4O3S2/c1-2-25-13-7-5-12(6-8-13)22-16(23)10-15(17(22)24)27-18(19)21-20-11-14-4-3-9-26-14/h3-9,11,15H,2,10H2,1H3,(H2,19,21)/b20-11-/t15-/m1/s1. The molecule has 0 unspecified atom stereocenters. The molecule has 1 aliphatic heterocycles. The second-order valence-electron chi connectivity index (χ2n) is 5.50. The van der Waals surface area contributed by atoms with Crippen LogP contribution in [0.3, 0.4) is 0 Å². The number of carbonyl (C=O) groups excluding carboxylic acids is 2. The van der Waals surface area contributed by atoms with Gasteiger partial charge in [0.1, 0.15) is 11.0 Å². The Hall–Kier alpha value is -2.65. The summed E-state index contributed by atoms with van der Waals surface area (Å²) < 4.78 is 5.38. The minimum Gasteiger partial charge on any atom is -0.494 e. The zero-order valence-electron chi connectivity index (χ0n) is 14.6. The van der Waals surface area contributed by atoms with Gasteiger partial charge in [-0.3, -0.25) is 9.59 Å². The Morgan fingerprint density at radius 3 is 2.81 bits per heavy atom. The van der Waals surface area contributed by atoms with Crippen molar-refractivity contribution in [3.05, 3.63) is 46.7 Å². The second-order valence-corrected chi connectivity index (χ2v) is 7.71. The van der Waals surface area contributed by atoms with Crippen LogP contribution in [0.1, 0.15) is 18.2 Å². The fraction of sp³-hybridized carbons (Fsp3) is 0.222. The Kier molecular flexibility index (Phi) is 6.25. The quantitative estimate of drug-likeness (QED) is 0.347. The summed E-state index contributed by atoms with van der Waals surface area (Å²) in [7, 11) is 0. The lowest BCUT2D eigenvalue weighted by atomic mass is 10.3. The molecule has 0 radical (unpaired) electrons. The van der Waals surface area contributed by atoms with E-state index in [0.717, 1.165) is 16.6 Å². The van der Waals surface area contributed by atoms with E-state index >= 15 is 0 Å². The molecule has 0 bridgehead atoms. The smallest absolute Gasteiger partial charge is 0.247 e. The number of nitrogens with two attached hydrogens (primary N) is 1. The first-order valence-corrected chi connectivity index (χ1v) is 10.0. The van der Waals surface area contributed by atoms with Crippen molar-refractivity contribution in [1.82, 2.24) is 0 Å². The number of imide groups is 1. The highest BCUT2D eigenvalue weighted by atomic mass is 32.2. The van der Waals surface area contributed by atoms with Crippen LogP contribution in [-0.4, -0.2) is 35.1 Å². The van der Waals surface area contributed by atoms with Crippen molar-refractivity contribution in [2.75, 3.05) is 11.5 Å². The van der Waals surface area contributed by atoms with E-state index in [1.807, 2.05) is 24.4 Å². The average Bonchev–Trinajstić information content (AvgIpc) is 3.25. The lowest BCUT2D eigenvalue weighted by molar-refractivity contribution is -0.121. The van der Waals surface area contributed by atoms with Crippen molar-refractivity contribution in [1.29, 1.82) is 0 Å². The molecule has 1 aliphatic rings. The molecule has 0 saturated carbocycles. The van der Waals surface area contributed by atoms with E-state index in [-0.39, 0.29) is 23.4 Å². The molecule has 2 aromatic rings. The van der Waals surface area contributed by atoms with Crippen LogP contribution in [0, 0.1) is 0 Å². The van der Waals surface area contributed by atoms with Crippen molar-refractivity contribution < 1.29 is 14.3 Å². The maximum Gasteiger partial charge on any atom is 0.247 e. The fourth-order valence-electron chi connectivity index (χ4n) is 2.50. The number of hydrogen-bond donors (Lipinski definition) is 1. The molecule has 1 fully saturated rings. The van der Waals surface area contributed by atoms with Crippen molar-refractivity contribution in [2.24, 2.45) is 15.9 Å². The number of ether oxygens (including phenoxy) is 1. The largest absolute Gasteiger partial charge is 0.494 e. The van der Waals surface area contributed by atoms with E-state index in [0.29, 0.717) is 18.0 Å². The molecule has 7 nitrogen and oxygen atoms in total. The van der Waals surface area contributed by atoms with Crippen molar-refractivity contribution in [3.8, 4) is 5.75 Å². The lowest BCUT2D eigenvalue weighted by Gasteiger charge is -2.15. The number of anilines is 1. The Morgan fingerprint density at radius 2 is 2.15 bits per heavy atom. The number of thioether (sulfide) groups is 1. The molecule has 1 aromatic carbocycles. The molecule has 2 amide bonds. The number of thiophene rings is 1. The molecular weight excluding hydrogens is 384 g/mol. The van der Waals surface area contributed by atoms with Gasteiger partial charge in [0.25, 0.3) is 0 Å². The number of hydrogen-bond acceptors (Lipinski definition) is 7. The molecule has 1 aromatic heterocycles. The third kappa shape index (κ3) is 4.75. The van der Waals surface area contributed by atoms with Gasteiger partial charge in [-0.25, -0.2) is 4.90 Å². The van der Waals surface area contributed by atoms with E-state index in [4.69, 9.17) is 10.5 Å². The van der Waals surface area contributed by atoms with Gasteiger partial charge in [-0.1, -0.05) is 17.8 Å². The SMILES string of the molecule is CCOc1ccc(N2C(=O)C[C@@H](SC(N)=N/N=C\c3cccs3)C2=O)cc1. The van der Waals surface area contributed by atoms with Crippen LogP contribution in [0.4, 0.5) is 5.69 Å². The Labute approximate surface area is 164 Å². The Morgan fingerprint density at radius 1 is 1.37 bits per heavy atom. The summed E-state index contributed by atoms with van der Waals surface area (Å²) >= 11 is 2.58. The van der Waals surface area contributed by atoms with Gasteiger partial charge >= 0.3 is 0 Å². The zero-order chi connectivity index (χ0) is 19.2. The zero-order valence-corrected chi connectivity index (χ0v) is 16.2. The molecule has 2 heterocycles. The summed E-state index contributed by atoms with van der Waals surface area (Å²) in [6, 6.07) is 10.7. The number of rotatable bonds is 6. The van der Waals surface area contributed by atoms with Gasteiger partial charge in [-0.15, -0.1) is 16.4 Å². The van der Waals surface area contributed by atoms with E-state index < -0.39 is 5.25 Å². The molecule has 1 saturated heterocycles. The maximum atomic E-state index is 12.6. The monoisotopic (exact) mass is 402 g/mol. The molecule has 140 valence electrons. The second kappa shape index (κ2) is 8.83. The highest BCUT2D eigenvalue weighted by molar-refractivity contribution is 8.14. The van der Waals surface area contributed by atoms with E-state index in [9.17, 15) is 9.59 Å². The van der Waals surface area contributed by atoms with Crippen molar-refractivity contribution in [2.45, 2.75) is 18.6 Å². The Balaban J connectivity index is 1.64. The van der Waals surface area contributed by atoms with Gasteiger partial charge in [-0.05, 0) is 42.6 Å². The minimum absolute atomic E-state index is 0.0710. The van der Waals surface area contributed by atoms with Crippen molar-refractivity contribution >= 4 is 52.0 Å². The molecule has 27 heavy (non-hydrogen) atoms. The highest BCUT2D eigenvalue weighted by Crippen LogP contribution is 2.30. The van der Waals surface area contributed by atoms with Crippen LogP contribution in [0.2, 0.25) is 0 Å². The third-order valence-electron chi connectivity index (χ3n) is 3.66. The van der Waals surface area contributed by atoms with Crippen LogP contribution in [0.5, 0.6) is 5.75 Å². The topological polar surface area (TPSA) is 97.3 Å². The molecule has 2 N–H and O–H groups in total. The molecule has 0 aliphatic carbocycles. The first-order valence-electron chi connectivity index (χ1n) is 8.24. The van der Waals surface area contributed by atoms with Gasteiger partial charge in [-0.2, -0.15) is 5.10 Å². The summed E-state index contributed by atoms with van der Waals surface area (Å²) in [5.74, 6) is 0.109. The molecule has 3 rings (SSSR count). The van der Waals surface area contributed by atoms with Gasteiger partial charge in [0.15, 0.2) is 5.17 Å². The van der Waals surface area contributed by atoms with Crippen LogP contribution >= 0.6 is 23.1 Å². The highest BCUT2D eigenvalue weighted by Gasteiger charge is 2.40. The minimum atomic E-state index is -0.607. The van der Waals surface area contributed by atoms with E-state index in [2.05, 4.69) is 10.2 Å². The van der Waals surface area contributed by atoms with E-state index in [1.165, 1.54) is 16.2 Å². The number of amides is 2. The number of carbonyl (C=O) groups is 2. The van der Waals surface area contributed by atoms with Crippen LogP contribution < -0.4 is 15.4 Å². The first-order chi connectivity index (χ1) is 13.1. The average molecular weight is 403 g/mol. The van der Waals surface area contributed by atoms with E-state index in [1.54, 1.807) is 30.5 Å². The van der Waals surface area contributed by atoms with Crippen LogP contribution in [0.15, 0.2) is 52.0 Å². The van der Waals surface area contributed by atoms with Crippen molar-refractivity contribution in [3.63, 3.8) is 0 Å². The molecule has 1 atom stereocenters. The molecular formula is C18H18N4O3S2. The molecule has 9 heteroatoms. The van der Waals surface area contributed by atoms with Gasteiger partial charge in [0.05, 0.1) is 18.5 Å². The number of nitrogens with zero attached hydrogens (tertiary/aromatic N) is 3. The van der Waals surface area contributed by atoms with Gasteiger partial charge in [0, 0.05) is 11.3 Å². The summed E-state index contributed by atoms with van der Waals surface area (Å²) in [6.45, 7) is 2.44. The summed E-state index contributed by atoms with van der Waals surface area (Å²) in [5, 5.41) is 9.26. The predicted molar refractivity (Wildman–Crippen MR) is 110 cm³/mol. The summed E-state index contributed by atoms with van der Waals surface area (Å²) in [4.78, 5) is 27.1. The number of benzene rings is 1.